The second-order valence-electron chi connectivity index (χ2n) is 8.33. The largest absolute Gasteiger partial charge is 0.465 e. The summed E-state index contributed by atoms with van der Waals surface area (Å²) in [5, 5.41) is 2.58. The van der Waals surface area contributed by atoms with Crippen molar-refractivity contribution in [2.45, 2.75) is 38.3 Å². The lowest BCUT2D eigenvalue weighted by molar-refractivity contribution is -0.118. The number of carbonyl (C=O) groups is 2. The van der Waals surface area contributed by atoms with Crippen LogP contribution in [0, 0.1) is 12.7 Å². The number of rotatable bonds is 5. The van der Waals surface area contributed by atoms with E-state index < -0.39 is 6.09 Å². The Bertz CT molecular complexity index is 1100. The second-order valence-corrected chi connectivity index (χ2v) is 8.33. The van der Waals surface area contributed by atoms with Crippen LogP contribution in [0.4, 0.5) is 20.8 Å². The van der Waals surface area contributed by atoms with Gasteiger partial charge in [-0.3, -0.25) is 14.7 Å². The van der Waals surface area contributed by atoms with Crippen LogP contribution in [0.2, 0.25) is 0 Å². The topological polar surface area (TPSA) is 110 Å². The molecule has 10 nitrogen and oxygen atoms in total. The number of halogens is 1. The fraction of sp³-hybridized carbons (Fsp3) is 0.476. The molecule has 0 spiro atoms. The molecule has 1 saturated heterocycles. The lowest BCUT2D eigenvalue weighted by Gasteiger charge is -2.24. The molecule has 1 aliphatic carbocycles. The third kappa shape index (κ3) is 3.72. The number of aryl methyl sites for hydroxylation is 1. The molecule has 0 aromatic carbocycles. The first-order chi connectivity index (χ1) is 15.4. The number of likely N-dealkylation sites (N-methyl/N-ethyl adjacent to an activating group) is 1. The van der Waals surface area contributed by atoms with Gasteiger partial charge in [-0.15, -0.1) is 0 Å². The summed E-state index contributed by atoms with van der Waals surface area (Å²) in [6.45, 7) is 2.59. The number of hydrogen-bond donors (Lipinski definition) is 1. The molecule has 11 heteroatoms. The molecule has 168 valence electrons. The van der Waals surface area contributed by atoms with Gasteiger partial charge in [0, 0.05) is 18.8 Å². The van der Waals surface area contributed by atoms with Crippen LogP contribution in [0.5, 0.6) is 5.88 Å². The van der Waals surface area contributed by atoms with Crippen LogP contribution in [-0.2, 0) is 22.4 Å². The van der Waals surface area contributed by atoms with Gasteiger partial charge in [0.1, 0.15) is 11.9 Å². The quantitative estimate of drug-likeness (QED) is 0.741. The van der Waals surface area contributed by atoms with E-state index >= 15 is 0 Å². The molecule has 2 aromatic heterocycles. The van der Waals surface area contributed by atoms with Crippen molar-refractivity contribution in [1.82, 2.24) is 19.9 Å². The number of fused-ring (bicyclic) bond motifs is 2. The number of ether oxygens (including phenoxy) is 2. The summed E-state index contributed by atoms with van der Waals surface area (Å²) in [7, 11) is 2.00. The maximum absolute atomic E-state index is 14.4. The normalized spacial score (nSPS) is 21.8. The number of aromatic nitrogens is 3. The lowest BCUT2D eigenvalue weighted by Crippen LogP contribution is -2.35. The van der Waals surface area contributed by atoms with Gasteiger partial charge in [0.2, 0.25) is 0 Å². The molecule has 5 rings (SSSR count). The predicted molar refractivity (Wildman–Crippen MR) is 111 cm³/mol. The first kappa shape index (κ1) is 20.6. The number of pyridine rings is 1. The molecule has 0 saturated carbocycles. The molecular formula is C21H23FN6O4. The van der Waals surface area contributed by atoms with E-state index in [0.29, 0.717) is 37.4 Å². The zero-order chi connectivity index (χ0) is 22.4. The van der Waals surface area contributed by atoms with Crippen molar-refractivity contribution in [3.63, 3.8) is 0 Å². The smallest absolute Gasteiger partial charge is 0.415 e. The van der Waals surface area contributed by atoms with E-state index in [4.69, 9.17) is 9.47 Å². The van der Waals surface area contributed by atoms with Crippen molar-refractivity contribution in [3.8, 4) is 5.88 Å². The van der Waals surface area contributed by atoms with Gasteiger partial charge >= 0.3 is 6.09 Å². The molecule has 2 aromatic rings. The van der Waals surface area contributed by atoms with E-state index in [0.717, 1.165) is 17.5 Å². The van der Waals surface area contributed by atoms with Gasteiger partial charge in [-0.1, -0.05) is 0 Å². The van der Waals surface area contributed by atoms with Crippen molar-refractivity contribution in [3.05, 3.63) is 35.0 Å². The molecule has 2 amide bonds. The van der Waals surface area contributed by atoms with Crippen LogP contribution in [0.3, 0.4) is 0 Å². The first-order valence-corrected chi connectivity index (χ1v) is 10.5. The van der Waals surface area contributed by atoms with Gasteiger partial charge in [0.15, 0.2) is 18.2 Å². The maximum atomic E-state index is 14.4. The molecule has 0 radical (unpaired) electrons. The highest BCUT2D eigenvalue weighted by Crippen LogP contribution is 2.30. The van der Waals surface area contributed by atoms with Crippen LogP contribution in [0.15, 0.2) is 12.4 Å². The summed E-state index contributed by atoms with van der Waals surface area (Å²) in [5.41, 5.74) is 2.15. The third-order valence-corrected chi connectivity index (χ3v) is 6.18. The summed E-state index contributed by atoms with van der Waals surface area (Å²) in [6, 6.07) is 0.187. The molecule has 1 N–H and O–H groups in total. The van der Waals surface area contributed by atoms with Crippen molar-refractivity contribution in [2.75, 3.05) is 37.0 Å². The highest BCUT2D eigenvalue weighted by atomic mass is 19.1. The second kappa shape index (κ2) is 7.97. The zero-order valence-electron chi connectivity index (χ0n) is 17.8. The van der Waals surface area contributed by atoms with Gasteiger partial charge < -0.3 is 19.7 Å². The van der Waals surface area contributed by atoms with Gasteiger partial charge in [-0.25, -0.2) is 19.2 Å². The number of nitrogens with one attached hydrogen (secondary N) is 1. The van der Waals surface area contributed by atoms with Crippen LogP contribution < -0.4 is 15.0 Å². The average Bonchev–Trinajstić information content (AvgIpc) is 3.38. The monoisotopic (exact) mass is 442 g/mol. The zero-order valence-corrected chi connectivity index (χ0v) is 17.8. The van der Waals surface area contributed by atoms with Crippen LogP contribution in [0.1, 0.15) is 23.2 Å². The SMILES string of the molecule is Cc1ncc2c(c1F)CC(N(C)CC[C@H]1CN(c3cnc4c(n3)NC(=O)CO4)C(=O)O1)C2. The Morgan fingerprint density at radius 3 is 2.97 bits per heavy atom. The van der Waals surface area contributed by atoms with E-state index in [2.05, 4.69) is 25.2 Å². The number of nitrogens with zero attached hydrogens (tertiary/aromatic N) is 5. The average molecular weight is 442 g/mol. The summed E-state index contributed by atoms with van der Waals surface area (Å²) >= 11 is 0. The lowest BCUT2D eigenvalue weighted by atomic mass is 10.1. The standard InChI is InChI=1S/C21H23FN6O4/c1-11-18(22)15-6-13(5-12(15)7-23-11)27(2)4-3-14-9-28(21(30)32-14)16-8-24-20-19(25-16)26-17(29)10-31-20/h7-8,13-14H,3-6,9-10H2,1-2H3,(H,25,26,29)/t13?,14-/m0/s1. The van der Waals surface area contributed by atoms with Crippen LogP contribution >= 0.6 is 0 Å². The fourth-order valence-corrected chi connectivity index (χ4v) is 4.32. The Morgan fingerprint density at radius 2 is 2.12 bits per heavy atom. The Kier molecular flexibility index (Phi) is 5.12. The molecule has 2 atom stereocenters. The van der Waals surface area contributed by atoms with Crippen molar-refractivity contribution in [2.24, 2.45) is 0 Å². The van der Waals surface area contributed by atoms with Crippen molar-refractivity contribution >= 4 is 23.6 Å². The molecule has 0 bridgehead atoms. The van der Waals surface area contributed by atoms with Crippen LogP contribution in [0.25, 0.3) is 0 Å². The molecule has 1 unspecified atom stereocenters. The van der Waals surface area contributed by atoms with Crippen molar-refractivity contribution < 1.29 is 23.5 Å². The number of cyclic esters (lactones) is 1. The van der Waals surface area contributed by atoms with E-state index in [1.807, 2.05) is 7.05 Å². The molecule has 4 heterocycles. The predicted octanol–water partition coefficient (Wildman–Crippen LogP) is 1.46. The van der Waals surface area contributed by atoms with Gasteiger partial charge in [-0.2, -0.15) is 0 Å². The molecule has 3 aliphatic rings. The minimum absolute atomic E-state index is 0.114. The molecule has 2 aliphatic heterocycles. The summed E-state index contributed by atoms with van der Waals surface area (Å²) in [6.07, 6.45) is 4.41. The minimum Gasteiger partial charge on any atom is -0.465 e. The van der Waals surface area contributed by atoms with E-state index in [-0.39, 0.29) is 42.2 Å². The summed E-state index contributed by atoms with van der Waals surface area (Å²) < 4.78 is 25.1. The number of anilines is 2. The van der Waals surface area contributed by atoms with Gasteiger partial charge in [0.25, 0.3) is 11.8 Å². The third-order valence-electron chi connectivity index (χ3n) is 6.18. The molecular weight excluding hydrogens is 419 g/mol. The number of carbonyl (C=O) groups excluding carboxylic acids is 2. The fourth-order valence-electron chi connectivity index (χ4n) is 4.32. The highest BCUT2D eigenvalue weighted by molar-refractivity contribution is 5.94. The van der Waals surface area contributed by atoms with E-state index in [1.165, 1.54) is 11.1 Å². The Hall–Kier alpha value is -3.34. The van der Waals surface area contributed by atoms with Crippen LogP contribution in [-0.4, -0.2) is 70.7 Å². The highest BCUT2D eigenvalue weighted by Gasteiger charge is 2.35. The Morgan fingerprint density at radius 1 is 1.28 bits per heavy atom. The van der Waals surface area contributed by atoms with Crippen molar-refractivity contribution in [1.29, 1.82) is 0 Å². The molecule has 32 heavy (non-hydrogen) atoms. The maximum Gasteiger partial charge on any atom is 0.415 e. The first-order valence-electron chi connectivity index (χ1n) is 10.5. The van der Waals surface area contributed by atoms with Gasteiger partial charge in [0.05, 0.1) is 18.4 Å². The van der Waals surface area contributed by atoms with Gasteiger partial charge in [-0.05, 0) is 44.4 Å². The Labute approximate surface area is 183 Å². The minimum atomic E-state index is -0.508. The Balaban J connectivity index is 1.18. The van der Waals surface area contributed by atoms with E-state index in [9.17, 15) is 14.0 Å². The molecule has 1 fully saturated rings. The number of amides is 2. The number of hydrogen-bond acceptors (Lipinski definition) is 8. The summed E-state index contributed by atoms with van der Waals surface area (Å²) in [4.78, 5) is 40.0. The summed E-state index contributed by atoms with van der Waals surface area (Å²) in [5.74, 6) is 0.172. The van der Waals surface area contributed by atoms with E-state index in [1.54, 1.807) is 13.1 Å².